The van der Waals surface area contributed by atoms with Crippen molar-refractivity contribution in [3.05, 3.63) is 45.9 Å². The van der Waals surface area contributed by atoms with Crippen LogP contribution in [0.25, 0.3) is 16.0 Å². The molecular formula is C19H17ClFN7O2S. The maximum absolute atomic E-state index is 13.2. The summed E-state index contributed by atoms with van der Waals surface area (Å²) in [6, 6.07) is 3.64. The third-order valence-corrected chi connectivity index (χ3v) is 6.51. The van der Waals surface area contributed by atoms with E-state index in [0.29, 0.717) is 16.0 Å². The number of benzene rings is 1. The molecule has 1 fully saturated rings. The molecule has 1 saturated heterocycles. The molecule has 1 amide bonds. The Morgan fingerprint density at radius 3 is 2.84 bits per heavy atom. The highest BCUT2D eigenvalue weighted by Gasteiger charge is 2.20. The standard InChI is InChI=1S/C19H17ClFN7O2S/c20-12-8-11(21)4-5-13(12)23-14(29)9-28-19(30)27-10-22-16-15(17(27)25-28)31-18(24-16)26-6-2-1-3-7-26/h4-5,8,10H,1-3,6-7,9H2,(H,23,29). The molecule has 160 valence electrons. The monoisotopic (exact) mass is 461 g/mol. The van der Waals surface area contributed by atoms with Gasteiger partial charge in [0.05, 0.1) is 10.7 Å². The summed E-state index contributed by atoms with van der Waals surface area (Å²) in [4.78, 5) is 36.3. The number of fused-ring (bicyclic) bond motifs is 3. The molecule has 3 aromatic heterocycles. The Morgan fingerprint density at radius 2 is 2.06 bits per heavy atom. The van der Waals surface area contributed by atoms with Crippen LogP contribution < -0.4 is 15.9 Å². The SMILES string of the molecule is O=C(Cn1nc2c3sc(N4CCCCC4)nc3ncn2c1=O)Nc1ccc(F)cc1Cl. The first-order valence-electron chi connectivity index (χ1n) is 9.74. The Bertz CT molecular complexity index is 1360. The average molecular weight is 462 g/mol. The number of halogens is 2. The quantitative estimate of drug-likeness (QED) is 0.502. The summed E-state index contributed by atoms with van der Waals surface area (Å²) in [5.41, 5.74) is 0.696. The van der Waals surface area contributed by atoms with Crippen LogP contribution in [0.5, 0.6) is 0 Å². The summed E-state index contributed by atoms with van der Waals surface area (Å²) >= 11 is 7.39. The molecule has 0 atom stereocenters. The van der Waals surface area contributed by atoms with E-state index in [1.54, 1.807) is 0 Å². The number of amides is 1. The first-order chi connectivity index (χ1) is 15.0. The van der Waals surface area contributed by atoms with Crippen molar-refractivity contribution >= 4 is 55.7 Å². The summed E-state index contributed by atoms with van der Waals surface area (Å²) in [6.07, 6.45) is 4.84. The van der Waals surface area contributed by atoms with Gasteiger partial charge in [0.1, 0.15) is 23.4 Å². The maximum atomic E-state index is 13.2. The van der Waals surface area contributed by atoms with Crippen LogP contribution in [-0.4, -0.2) is 43.1 Å². The van der Waals surface area contributed by atoms with Crippen molar-refractivity contribution in [3.8, 4) is 0 Å². The Hall–Kier alpha value is -3.05. The van der Waals surface area contributed by atoms with Crippen molar-refractivity contribution in [2.75, 3.05) is 23.3 Å². The molecule has 12 heteroatoms. The van der Waals surface area contributed by atoms with E-state index in [4.69, 9.17) is 11.6 Å². The van der Waals surface area contributed by atoms with Crippen LogP contribution in [0.1, 0.15) is 19.3 Å². The number of rotatable bonds is 4. The number of thiazole rings is 1. The number of aromatic nitrogens is 5. The van der Waals surface area contributed by atoms with Gasteiger partial charge in [-0.25, -0.2) is 23.3 Å². The van der Waals surface area contributed by atoms with Crippen LogP contribution in [0.3, 0.4) is 0 Å². The van der Waals surface area contributed by atoms with Gasteiger partial charge in [0, 0.05) is 13.1 Å². The van der Waals surface area contributed by atoms with Crippen molar-refractivity contribution in [1.29, 1.82) is 0 Å². The summed E-state index contributed by atoms with van der Waals surface area (Å²) in [6.45, 7) is 1.57. The largest absolute Gasteiger partial charge is 0.352 e. The molecule has 1 aliphatic heterocycles. The zero-order valence-corrected chi connectivity index (χ0v) is 17.8. The molecule has 31 heavy (non-hydrogen) atoms. The predicted molar refractivity (Wildman–Crippen MR) is 117 cm³/mol. The van der Waals surface area contributed by atoms with E-state index in [1.807, 2.05) is 0 Å². The second kappa shape index (κ2) is 7.89. The van der Waals surface area contributed by atoms with Crippen molar-refractivity contribution < 1.29 is 9.18 Å². The van der Waals surface area contributed by atoms with Gasteiger partial charge in [-0.1, -0.05) is 22.9 Å². The van der Waals surface area contributed by atoms with Crippen LogP contribution >= 0.6 is 22.9 Å². The highest BCUT2D eigenvalue weighted by Crippen LogP contribution is 2.31. The van der Waals surface area contributed by atoms with Crippen LogP contribution in [0.15, 0.2) is 29.3 Å². The summed E-state index contributed by atoms with van der Waals surface area (Å²) < 4.78 is 16.2. The van der Waals surface area contributed by atoms with Crippen molar-refractivity contribution in [2.24, 2.45) is 0 Å². The van der Waals surface area contributed by atoms with Gasteiger partial charge in [0.25, 0.3) is 0 Å². The molecule has 0 spiro atoms. The Morgan fingerprint density at radius 1 is 1.26 bits per heavy atom. The van der Waals surface area contributed by atoms with Crippen molar-refractivity contribution in [1.82, 2.24) is 24.1 Å². The number of hydrogen-bond acceptors (Lipinski definition) is 7. The zero-order valence-electron chi connectivity index (χ0n) is 16.2. The van der Waals surface area contributed by atoms with Gasteiger partial charge >= 0.3 is 5.69 Å². The average Bonchev–Trinajstić information content (AvgIpc) is 3.33. The smallest absolute Gasteiger partial charge is 0.348 e. The molecule has 4 aromatic rings. The highest BCUT2D eigenvalue weighted by molar-refractivity contribution is 7.22. The van der Waals surface area contributed by atoms with E-state index >= 15 is 0 Å². The fraction of sp³-hybridized carbons (Fsp3) is 0.316. The van der Waals surface area contributed by atoms with E-state index in [0.717, 1.165) is 41.8 Å². The molecule has 1 aliphatic rings. The second-order valence-corrected chi connectivity index (χ2v) is 8.63. The van der Waals surface area contributed by atoms with Crippen LogP contribution in [0, 0.1) is 5.82 Å². The minimum absolute atomic E-state index is 0.0662. The highest BCUT2D eigenvalue weighted by atomic mass is 35.5. The van der Waals surface area contributed by atoms with Gasteiger partial charge in [-0.05, 0) is 37.5 Å². The first-order valence-corrected chi connectivity index (χ1v) is 10.9. The lowest BCUT2D eigenvalue weighted by Gasteiger charge is -2.25. The van der Waals surface area contributed by atoms with Crippen LogP contribution in [-0.2, 0) is 11.3 Å². The van der Waals surface area contributed by atoms with Crippen LogP contribution in [0.2, 0.25) is 5.02 Å². The Labute approximate surface area is 184 Å². The first kappa shape index (κ1) is 19.9. The van der Waals surface area contributed by atoms with Crippen molar-refractivity contribution in [3.63, 3.8) is 0 Å². The molecule has 5 rings (SSSR count). The minimum Gasteiger partial charge on any atom is -0.348 e. The van der Waals surface area contributed by atoms with Gasteiger partial charge in [-0.2, -0.15) is 4.98 Å². The summed E-state index contributed by atoms with van der Waals surface area (Å²) in [5, 5.41) is 7.83. The molecule has 0 aliphatic carbocycles. The molecule has 1 N–H and O–H groups in total. The molecule has 0 bridgehead atoms. The second-order valence-electron chi connectivity index (χ2n) is 7.25. The number of hydrogen-bond donors (Lipinski definition) is 1. The number of nitrogens with one attached hydrogen (secondary N) is 1. The number of carbonyl (C=O) groups excluding carboxylic acids is 1. The zero-order chi connectivity index (χ0) is 21.5. The van der Waals surface area contributed by atoms with Gasteiger partial charge < -0.3 is 10.2 Å². The lowest BCUT2D eigenvalue weighted by molar-refractivity contribution is -0.117. The fourth-order valence-corrected chi connectivity index (χ4v) is 4.83. The number of anilines is 2. The van der Waals surface area contributed by atoms with Gasteiger partial charge in [-0.3, -0.25) is 4.79 Å². The summed E-state index contributed by atoms with van der Waals surface area (Å²) in [7, 11) is 0. The normalized spacial score (nSPS) is 14.5. The van der Waals surface area contributed by atoms with E-state index in [-0.39, 0.29) is 17.3 Å². The molecular weight excluding hydrogens is 445 g/mol. The number of piperidine rings is 1. The lowest BCUT2D eigenvalue weighted by atomic mass is 10.1. The van der Waals surface area contributed by atoms with Gasteiger partial charge in [0.2, 0.25) is 5.91 Å². The minimum atomic E-state index is -0.512. The van der Waals surface area contributed by atoms with Crippen LogP contribution in [0.4, 0.5) is 15.2 Å². The van der Waals surface area contributed by atoms with E-state index < -0.39 is 17.4 Å². The maximum Gasteiger partial charge on any atom is 0.352 e. The molecule has 9 nitrogen and oxygen atoms in total. The molecule has 4 heterocycles. The number of carbonyl (C=O) groups is 1. The topological polar surface area (TPSA) is 97.4 Å². The Balaban J connectivity index is 1.44. The van der Waals surface area contributed by atoms with Crippen molar-refractivity contribution in [2.45, 2.75) is 25.8 Å². The Kier molecular flexibility index (Phi) is 5.06. The molecule has 0 radical (unpaired) electrons. The van der Waals surface area contributed by atoms with E-state index in [9.17, 15) is 14.0 Å². The lowest BCUT2D eigenvalue weighted by Crippen LogP contribution is -2.29. The molecule has 1 aromatic carbocycles. The number of nitrogens with zero attached hydrogens (tertiary/aromatic N) is 6. The van der Waals surface area contributed by atoms with Gasteiger partial charge in [-0.15, -0.1) is 5.10 Å². The third-order valence-electron chi connectivity index (χ3n) is 5.09. The van der Waals surface area contributed by atoms with Gasteiger partial charge in [0.15, 0.2) is 16.4 Å². The fourth-order valence-electron chi connectivity index (χ4n) is 3.57. The van der Waals surface area contributed by atoms with E-state index in [2.05, 4.69) is 25.3 Å². The third kappa shape index (κ3) is 3.74. The predicted octanol–water partition coefficient (Wildman–Crippen LogP) is 2.92. The molecule has 0 saturated carbocycles. The molecule has 0 unspecified atom stereocenters. The summed E-state index contributed by atoms with van der Waals surface area (Å²) in [5.74, 6) is -1.02. The van der Waals surface area contributed by atoms with E-state index in [1.165, 1.54) is 40.6 Å².